The fourth-order valence-electron chi connectivity index (χ4n) is 3.98. The quantitative estimate of drug-likeness (QED) is 0.483. The van der Waals surface area contributed by atoms with Crippen molar-refractivity contribution in [1.29, 1.82) is 0 Å². The summed E-state index contributed by atoms with van der Waals surface area (Å²) in [6, 6.07) is 14.3. The summed E-state index contributed by atoms with van der Waals surface area (Å²) >= 11 is 0. The van der Waals surface area contributed by atoms with E-state index in [2.05, 4.69) is 10.4 Å². The minimum absolute atomic E-state index is 0.0748. The maximum Gasteiger partial charge on any atom is 0.220 e. The molecular weight excluding hydrogens is 424 g/mol. The van der Waals surface area contributed by atoms with E-state index in [-0.39, 0.29) is 16.8 Å². The molecule has 0 fully saturated rings. The lowest BCUT2D eigenvalue weighted by Crippen LogP contribution is -2.27. The molecule has 0 aliphatic rings. The van der Waals surface area contributed by atoms with Crippen molar-refractivity contribution < 1.29 is 13.2 Å². The second kappa shape index (κ2) is 8.35. The predicted molar refractivity (Wildman–Crippen MR) is 124 cm³/mol. The van der Waals surface area contributed by atoms with Crippen LogP contribution in [0.15, 0.2) is 53.4 Å². The third-order valence-corrected chi connectivity index (χ3v) is 6.93. The summed E-state index contributed by atoms with van der Waals surface area (Å²) in [6.07, 6.45) is 2.05. The van der Waals surface area contributed by atoms with Gasteiger partial charge in [-0.3, -0.25) is 4.79 Å². The summed E-state index contributed by atoms with van der Waals surface area (Å²) in [7, 11) is -3.24. The van der Waals surface area contributed by atoms with Gasteiger partial charge in [0.25, 0.3) is 0 Å². The van der Waals surface area contributed by atoms with Crippen LogP contribution in [0.4, 0.5) is 0 Å². The predicted octanol–water partition coefficient (Wildman–Crippen LogP) is 3.71. The number of nitrogens with zero attached hydrogens (tertiary/aromatic N) is 3. The Bertz CT molecular complexity index is 1420. The molecule has 0 saturated carbocycles. The zero-order valence-corrected chi connectivity index (χ0v) is 19.4. The molecule has 166 valence electrons. The molecule has 0 radical (unpaired) electrons. The average molecular weight is 451 g/mol. The first kappa shape index (κ1) is 22.0. The number of sulfone groups is 1. The van der Waals surface area contributed by atoms with Crippen LogP contribution < -0.4 is 5.32 Å². The number of aromatic nitrogens is 3. The molecule has 2 aromatic carbocycles. The number of carbonyl (C=O) groups is 1. The standard InChI is InChI=1S/C24H26N4O3S/c1-15(18-9-11-19(12-10-18)32(4,30)31)25-23(29)14-13-20-16(2)26-24-21-7-5-6-8-22(21)27-28(24)17(20)3/h5-12,15H,13-14H2,1-4H3,(H,25,29)/t15-/m1/s1. The highest BCUT2D eigenvalue weighted by Crippen LogP contribution is 2.23. The average Bonchev–Trinajstić information content (AvgIpc) is 3.12. The zero-order chi connectivity index (χ0) is 23.0. The first-order chi connectivity index (χ1) is 15.1. The van der Waals surface area contributed by atoms with Gasteiger partial charge in [0, 0.05) is 29.5 Å². The van der Waals surface area contributed by atoms with Gasteiger partial charge in [-0.1, -0.05) is 24.3 Å². The molecule has 0 aliphatic heterocycles. The van der Waals surface area contributed by atoms with Crippen molar-refractivity contribution in [3.05, 3.63) is 71.0 Å². The van der Waals surface area contributed by atoms with Crippen molar-refractivity contribution in [3.63, 3.8) is 0 Å². The third kappa shape index (κ3) is 4.23. The molecule has 0 saturated heterocycles. The SMILES string of the molecule is Cc1nc2c3ccccc3nn2c(C)c1CCC(=O)N[C@H](C)c1ccc(S(C)(=O)=O)cc1. The summed E-state index contributed by atoms with van der Waals surface area (Å²) < 4.78 is 25.1. The van der Waals surface area contributed by atoms with E-state index in [9.17, 15) is 13.2 Å². The van der Waals surface area contributed by atoms with Crippen LogP contribution in [-0.4, -0.2) is 35.2 Å². The van der Waals surface area contributed by atoms with Crippen LogP contribution in [0, 0.1) is 13.8 Å². The minimum atomic E-state index is -3.24. The molecule has 1 amide bonds. The van der Waals surface area contributed by atoms with E-state index in [0.29, 0.717) is 12.8 Å². The van der Waals surface area contributed by atoms with E-state index < -0.39 is 9.84 Å². The fraction of sp³-hybridized carbons (Fsp3) is 0.292. The van der Waals surface area contributed by atoms with Gasteiger partial charge in [-0.25, -0.2) is 17.9 Å². The van der Waals surface area contributed by atoms with Crippen LogP contribution in [0.3, 0.4) is 0 Å². The monoisotopic (exact) mass is 450 g/mol. The number of amides is 1. The van der Waals surface area contributed by atoms with Gasteiger partial charge in [0.05, 0.1) is 16.5 Å². The molecule has 2 heterocycles. The van der Waals surface area contributed by atoms with E-state index in [4.69, 9.17) is 4.98 Å². The summed E-state index contributed by atoms with van der Waals surface area (Å²) in [5, 5.41) is 8.67. The van der Waals surface area contributed by atoms with E-state index in [1.807, 2.05) is 49.6 Å². The van der Waals surface area contributed by atoms with Crippen LogP contribution in [0.5, 0.6) is 0 Å². The number of carbonyl (C=O) groups excluding carboxylic acids is 1. The van der Waals surface area contributed by atoms with Gasteiger partial charge < -0.3 is 5.32 Å². The normalized spacial score (nSPS) is 12.9. The van der Waals surface area contributed by atoms with Crippen LogP contribution in [0.25, 0.3) is 16.6 Å². The first-order valence-corrected chi connectivity index (χ1v) is 12.4. The molecule has 32 heavy (non-hydrogen) atoms. The number of nitrogens with one attached hydrogen (secondary N) is 1. The summed E-state index contributed by atoms with van der Waals surface area (Å²) in [4.78, 5) is 17.6. The Hall–Kier alpha value is -3.26. The Morgan fingerprint density at radius 1 is 1.09 bits per heavy atom. The zero-order valence-electron chi connectivity index (χ0n) is 18.6. The van der Waals surface area contributed by atoms with Crippen molar-refractivity contribution in [3.8, 4) is 0 Å². The minimum Gasteiger partial charge on any atom is -0.350 e. The summed E-state index contributed by atoms with van der Waals surface area (Å²) in [6.45, 7) is 5.85. The Morgan fingerprint density at radius 2 is 1.78 bits per heavy atom. The maximum absolute atomic E-state index is 12.6. The van der Waals surface area contributed by atoms with Crippen molar-refractivity contribution in [2.45, 2.75) is 44.6 Å². The highest BCUT2D eigenvalue weighted by molar-refractivity contribution is 7.90. The van der Waals surface area contributed by atoms with Crippen LogP contribution in [0.2, 0.25) is 0 Å². The highest BCUT2D eigenvalue weighted by atomic mass is 32.2. The molecule has 2 aromatic heterocycles. The number of hydrogen-bond acceptors (Lipinski definition) is 5. The first-order valence-electron chi connectivity index (χ1n) is 10.5. The second-order valence-corrected chi connectivity index (χ2v) is 10.2. The summed E-state index contributed by atoms with van der Waals surface area (Å²) in [5.74, 6) is -0.0748. The smallest absolute Gasteiger partial charge is 0.220 e. The Balaban J connectivity index is 1.47. The number of rotatable bonds is 6. The molecule has 1 N–H and O–H groups in total. The fourth-order valence-corrected chi connectivity index (χ4v) is 4.61. The van der Waals surface area contributed by atoms with Crippen molar-refractivity contribution in [1.82, 2.24) is 19.9 Å². The van der Waals surface area contributed by atoms with Gasteiger partial charge in [0.1, 0.15) is 0 Å². The molecule has 0 spiro atoms. The van der Waals surface area contributed by atoms with Gasteiger partial charge in [-0.2, -0.15) is 5.10 Å². The van der Waals surface area contributed by atoms with Crippen LogP contribution >= 0.6 is 0 Å². The largest absolute Gasteiger partial charge is 0.350 e. The molecule has 4 aromatic rings. The van der Waals surface area contributed by atoms with Crippen molar-refractivity contribution >= 4 is 32.3 Å². The third-order valence-electron chi connectivity index (χ3n) is 5.81. The Labute approximate surface area is 187 Å². The van der Waals surface area contributed by atoms with Crippen LogP contribution in [0.1, 0.15) is 41.9 Å². The lowest BCUT2D eigenvalue weighted by molar-refractivity contribution is -0.121. The van der Waals surface area contributed by atoms with E-state index >= 15 is 0 Å². The topological polar surface area (TPSA) is 93.4 Å². The Morgan fingerprint density at radius 3 is 2.47 bits per heavy atom. The van der Waals surface area contributed by atoms with Gasteiger partial charge >= 0.3 is 0 Å². The van der Waals surface area contributed by atoms with Gasteiger partial charge in [0.15, 0.2) is 15.5 Å². The molecule has 0 bridgehead atoms. The van der Waals surface area contributed by atoms with Crippen LogP contribution in [-0.2, 0) is 21.1 Å². The van der Waals surface area contributed by atoms with E-state index in [1.165, 1.54) is 6.26 Å². The molecule has 7 nitrogen and oxygen atoms in total. The van der Waals surface area contributed by atoms with E-state index in [0.717, 1.165) is 39.1 Å². The molecule has 0 unspecified atom stereocenters. The summed E-state index contributed by atoms with van der Waals surface area (Å²) in [5.41, 5.74) is 5.48. The second-order valence-electron chi connectivity index (χ2n) is 8.14. The lowest BCUT2D eigenvalue weighted by atomic mass is 10.0. The van der Waals surface area contributed by atoms with Gasteiger partial charge in [-0.15, -0.1) is 0 Å². The molecule has 0 aliphatic carbocycles. The highest BCUT2D eigenvalue weighted by Gasteiger charge is 2.16. The van der Waals surface area contributed by atoms with E-state index in [1.54, 1.807) is 24.3 Å². The lowest BCUT2D eigenvalue weighted by Gasteiger charge is -2.16. The molecule has 4 rings (SSSR count). The molecule has 8 heteroatoms. The number of benzene rings is 2. The Kier molecular flexibility index (Phi) is 5.73. The van der Waals surface area contributed by atoms with Gasteiger partial charge in [0.2, 0.25) is 5.91 Å². The van der Waals surface area contributed by atoms with Gasteiger partial charge in [-0.05, 0) is 62.6 Å². The maximum atomic E-state index is 12.6. The number of fused-ring (bicyclic) bond motifs is 3. The molecular formula is C24H26N4O3S. The molecule has 1 atom stereocenters. The van der Waals surface area contributed by atoms with Crippen molar-refractivity contribution in [2.24, 2.45) is 0 Å². The van der Waals surface area contributed by atoms with Crippen molar-refractivity contribution in [2.75, 3.05) is 6.26 Å². The number of hydrogen-bond donors (Lipinski definition) is 1. The number of aryl methyl sites for hydroxylation is 2.